The second-order valence-electron chi connectivity index (χ2n) is 4.01. The predicted molar refractivity (Wildman–Crippen MR) is 72.5 cm³/mol. The Labute approximate surface area is 102 Å². The van der Waals surface area contributed by atoms with Crippen molar-refractivity contribution >= 4 is 22.7 Å². The maximum absolute atomic E-state index is 4.47. The molecule has 5 radical (unpaired) electrons. The molecule has 17 heavy (non-hydrogen) atoms. The van der Waals surface area contributed by atoms with Gasteiger partial charge in [-0.15, -0.1) is 0 Å². The van der Waals surface area contributed by atoms with Crippen molar-refractivity contribution in [1.82, 2.24) is 0 Å². The van der Waals surface area contributed by atoms with Gasteiger partial charge in [-0.25, -0.2) is 0 Å². The van der Waals surface area contributed by atoms with E-state index in [2.05, 4.69) is 35.3 Å². The van der Waals surface area contributed by atoms with Gasteiger partial charge in [-0.1, -0.05) is 30.3 Å². The van der Waals surface area contributed by atoms with Crippen LogP contribution in [0.2, 0.25) is 0 Å². The monoisotopic (exact) mass is 218 g/mol. The highest BCUT2D eigenvalue weighted by Gasteiger charge is 2.14. The lowest BCUT2D eigenvalue weighted by atomic mass is 10.1. The summed E-state index contributed by atoms with van der Waals surface area (Å²) < 4.78 is 0. The van der Waals surface area contributed by atoms with Crippen LogP contribution in [0.5, 0.6) is 0 Å². The molecule has 1 fully saturated rings. The van der Waals surface area contributed by atoms with E-state index in [1.165, 1.54) is 10.8 Å². The molecular formula is C16H12N. The second kappa shape index (κ2) is 4.70. The number of aliphatic imine (C=N–C) groups is 1. The molecule has 1 heteroatoms. The zero-order valence-electron chi connectivity index (χ0n) is 9.38. The topological polar surface area (TPSA) is 12.4 Å². The van der Waals surface area contributed by atoms with Gasteiger partial charge < -0.3 is 0 Å². The molecule has 1 aliphatic carbocycles. The third-order valence-corrected chi connectivity index (χ3v) is 2.78. The summed E-state index contributed by atoms with van der Waals surface area (Å²) in [5.41, 5.74) is 0.991. The number of hydrogen-bond acceptors (Lipinski definition) is 1. The Balaban J connectivity index is 1.85. The summed E-state index contributed by atoms with van der Waals surface area (Å²) >= 11 is 0. The van der Waals surface area contributed by atoms with E-state index in [4.69, 9.17) is 0 Å². The van der Waals surface area contributed by atoms with Crippen LogP contribution >= 0.6 is 0 Å². The van der Waals surface area contributed by atoms with Gasteiger partial charge in [0.25, 0.3) is 0 Å². The van der Waals surface area contributed by atoms with Gasteiger partial charge in [-0.3, -0.25) is 4.99 Å². The van der Waals surface area contributed by atoms with Gasteiger partial charge in [0.1, 0.15) is 0 Å². The Morgan fingerprint density at radius 2 is 1.59 bits per heavy atom. The summed E-state index contributed by atoms with van der Waals surface area (Å²) in [4.78, 5) is 4.47. The lowest BCUT2D eigenvalue weighted by molar-refractivity contribution is 1.44. The van der Waals surface area contributed by atoms with Gasteiger partial charge in [0.2, 0.25) is 0 Å². The molecule has 0 aromatic heterocycles. The van der Waals surface area contributed by atoms with Gasteiger partial charge in [0.05, 0.1) is 5.69 Å². The van der Waals surface area contributed by atoms with Crippen LogP contribution in [0.25, 0.3) is 10.8 Å². The molecule has 1 nitrogen and oxygen atoms in total. The third-order valence-electron chi connectivity index (χ3n) is 2.78. The number of nitrogens with zero attached hydrogens (tertiary/aromatic N) is 1. The van der Waals surface area contributed by atoms with Gasteiger partial charge in [-0.2, -0.15) is 0 Å². The highest BCUT2D eigenvalue weighted by Crippen LogP contribution is 2.24. The summed E-state index contributed by atoms with van der Waals surface area (Å²) in [6.07, 6.45) is 10.0. The predicted octanol–water partition coefficient (Wildman–Crippen LogP) is 3.95. The molecule has 0 atom stereocenters. The first-order chi connectivity index (χ1) is 8.42. The van der Waals surface area contributed by atoms with Crippen LogP contribution in [-0.2, 0) is 0 Å². The Bertz CT molecular complexity index is 536. The normalized spacial score (nSPS) is 17.2. The molecule has 0 bridgehead atoms. The van der Waals surface area contributed by atoms with Crippen molar-refractivity contribution in [3.8, 4) is 0 Å². The minimum atomic E-state index is 0.991. The van der Waals surface area contributed by atoms with Gasteiger partial charge in [0, 0.05) is 12.1 Å². The van der Waals surface area contributed by atoms with E-state index >= 15 is 0 Å². The average molecular weight is 218 g/mol. The zero-order valence-corrected chi connectivity index (χ0v) is 9.38. The summed E-state index contributed by atoms with van der Waals surface area (Å²) in [7, 11) is 0. The molecule has 0 heterocycles. The Kier molecular flexibility index (Phi) is 2.91. The molecule has 0 aliphatic heterocycles. The van der Waals surface area contributed by atoms with Crippen molar-refractivity contribution < 1.29 is 0 Å². The average Bonchev–Trinajstić information content (AvgIpc) is 2.89. The molecule has 1 aliphatic rings. The zero-order chi connectivity index (χ0) is 11.5. The van der Waals surface area contributed by atoms with Crippen LogP contribution in [0.4, 0.5) is 5.69 Å². The van der Waals surface area contributed by atoms with Crippen LogP contribution in [0.3, 0.4) is 0 Å². The number of hydrogen-bond donors (Lipinski definition) is 0. The molecule has 0 saturated heterocycles. The van der Waals surface area contributed by atoms with Crippen molar-refractivity contribution in [2.75, 3.05) is 0 Å². The highest BCUT2D eigenvalue weighted by molar-refractivity contribution is 5.88. The van der Waals surface area contributed by atoms with E-state index in [-0.39, 0.29) is 0 Å². The lowest BCUT2D eigenvalue weighted by Gasteiger charge is -2.00. The van der Waals surface area contributed by atoms with Crippen LogP contribution in [0, 0.1) is 31.6 Å². The fourth-order valence-electron chi connectivity index (χ4n) is 1.88. The van der Waals surface area contributed by atoms with Gasteiger partial charge in [0.15, 0.2) is 0 Å². The van der Waals surface area contributed by atoms with Crippen LogP contribution in [0.15, 0.2) is 47.5 Å². The number of fused-ring (bicyclic) bond motifs is 1. The molecule has 2 aromatic rings. The van der Waals surface area contributed by atoms with E-state index in [1.54, 1.807) is 0 Å². The Morgan fingerprint density at radius 3 is 2.41 bits per heavy atom. The smallest absolute Gasteiger partial charge is 0.0632 e. The first-order valence-electron chi connectivity index (χ1n) is 5.66. The minimum Gasteiger partial charge on any atom is -0.261 e. The van der Waals surface area contributed by atoms with E-state index in [0.717, 1.165) is 11.6 Å². The van der Waals surface area contributed by atoms with Crippen LogP contribution in [0.1, 0.15) is 0 Å². The highest BCUT2D eigenvalue weighted by atomic mass is 14.7. The summed E-state index contributed by atoms with van der Waals surface area (Å²) in [6, 6.07) is 14.6. The quantitative estimate of drug-likeness (QED) is 0.677. The minimum absolute atomic E-state index is 0.991. The van der Waals surface area contributed by atoms with E-state index < -0.39 is 0 Å². The van der Waals surface area contributed by atoms with E-state index in [9.17, 15) is 0 Å². The molecule has 81 valence electrons. The molecule has 0 unspecified atom stereocenters. The van der Waals surface area contributed by atoms with Crippen molar-refractivity contribution in [2.45, 2.75) is 0 Å². The summed E-state index contributed by atoms with van der Waals surface area (Å²) in [5.74, 6) is 1.14. The molecule has 2 aromatic carbocycles. The van der Waals surface area contributed by atoms with E-state index in [1.807, 2.05) is 44.0 Å². The Hall–Kier alpha value is -1.63. The molecule has 3 rings (SSSR count). The fraction of sp³-hybridized carbons (Fsp3) is 0. The summed E-state index contributed by atoms with van der Waals surface area (Å²) in [5, 5.41) is 2.48. The van der Waals surface area contributed by atoms with Crippen molar-refractivity contribution in [2.24, 2.45) is 4.99 Å². The SMILES string of the molecule is [CH]1[CH][CH][C](C=Nc2ccc3ccccc3c2)[CH]1. The number of benzene rings is 2. The van der Waals surface area contributed by atoms with Crippen molar-refractivity contribution in [3.63, 3.8) is 0 Å². The molecule has 0 amide bonds. The molecule has 1 saturated carbocycles. The largest absolute Gasteiger partial charge is 0.261 e. The number of rotatable bonds is 2. The maximum Gasteiger partial charge on any atom is 0.0632 e. The van der Waals surface area contributed by atoms with E-state index in [0.29, 0.717) is 0 Å². The molecular weight excluding hydrogens is 206 g/mol. The van der Waals surface area contributed by atoms with Crippen molar-refractivity contribution in [1.29, 1.82) is 0 Å². The first-order valence-corrected chi connectivity index (χ1v) is 5.66. The molecule has 0 N–H and O–H groups in total. The first kappa shape index (κ1) is 10.5. The van der Waals surface area contributed by atoms with Gasteiger partial charge in [-0.05, 0) is 48.6 Å². The summed E-state index contributed by atoms with van der Waals surface area (Å²) in [6.45, 7) is 0. The molecule has 0 spiro atoms. The standard InChI is InChI=1S/C16H12N/c1-2-6-13(5-1)12-17-16-10-9-14-7-3-4-8-15(14)11-16/h1-12H. The Morgan fingerprint density at radius 1 is 0.824 bits per heavy atom. The van der Waals surface area contributed by atoms with Crippen LogP contribution < -0.4 is 0 Å². The fourth-order valence-corrected chi connectivity index (χ4v) is 1.88. The van der Waals surface area contributed by atoms with Gasteiger partial charge >= 0.3 is 0 Å². The third kappa shape index (κ3) is 2.38. The second-order valence-corrected chi connectivity index (χ2v) is 4.01. The van der Waals surface area contributed by atoms with Crippen molar-refractivity contribution in [3.05, 3.63) is 74.1 Å². The lowest BCUT2D eigenvalue weighted by Crippen LogP contribution is -1.91. The maximum atomic E-state index is 4.47. The van der Waals surface area contributed by atoms with Crippen LogP contribution in [-0.4, -0.2) is 6.21 Å².